The molecule has 212 valence electrons. The van der Waals surface area contributed by atoms with Crippen molar-refractivity contribution in [2.75, 3.05) is 12.0 Å². The molecule has 2 heterocycles. The summed E-state index contributed by atoms with van der Waals surface area (Å²) in [6.45, 7) is 0.213. The fourth-order valence-electron chi connectivity index (χ4n) is 6.23. The van der Waals surface area contributed by atoms with Crippen molar-refractivity contribution in [1.82, 2.24) is 4.90 Å². The number of hydrogen-bond acceptors (Lipinski definition) is 4. The predicted molar refractivity (Wildman–Crippen MR) is 160 cm³/mol. The summed E-state index contributed by atoms with van der Waals surface area (Å²) in [6.07, 6.45) is -0.00664. The van der Waals surface area contributed by atoms with Crippen molar-refractivity contribution >= 4 is 39.3 Å². The van der Waals surface area contributed by atoms with E-state index in [1.54, 1.807) is 43.5 Å². The van der Waals surface area contributed by atoms with Crippen LogP contribution in [0.4, 0.5) is 10.1 Å². The molecule has 0 radical (unpaired) electrons. The Labute approximate surface area is 251 Å². The monoisotopic (exact) mass is 626 g/mol. The summed E-state index contributed by atoms with van der Waals surface area (Å²) in [5.74, 6) is -2.05. The van der Waals surface area contributed by atoms with Gasteiger partial charge in [-0.1, -0.05) is 82.7 Å². The number of hydrogen-bond donors (Lipinski definition) is 0. The molecule has 6 rings (SSSR count). The minimum absolute atomic E-state index is 0.0739. The van der Waals surface area contributed by atoms with Crippen LogP contribution >= 0.6 is 15.9 Å². The second kappa shape index (κ2) is 11.2. The number of amides is 3. The van der Waals surface area contributed by atoms with E-state index >= 15 is 4.39 Å². The maximum Gasteiger partial charge on any atom is 0.239 e. The first-order valence-electron chi connectivity index (χ1n) is 13.7. The van der Waals surface area contributed by atoms with Gasteiger partial charge in [-0.05, 0) is 59.0 Å². The number of para-hydroxylation sites is 1. The van der Waals surface area contributed by atoms with Crippen molar-refractivity contribution in [2.24, 2.45) is 5.92 Å². The molecule has 0 saturated carbocycles. The van der Waals surface area contributed by atoms with Crippen LogP contribution in [-0.2, 0) is 39.3 Å². The third-order valence-electron chi connectivity index (χ3n) is 8.28. The molecule has 4 aromatic rings. The molecule has 0 N–H and O–H groups in total. The van der Waals surface area contributed by atoms with Crippen molar-refractivity contribution in [3.8, 4) is 5.75 Å². The summed E-state index contributed by atoms with van der Waals surface area (Å²) < 4.78 is 21.8. The van der Waals surface area contributed by atoms with Gasteiger partial charge in [0.25, 0.3) is 0 Å². The van der Waals surface area contributed by atoms with Crippen LogP contribution in [0.5, 0.6) is 5.75 Å². The number of anilines is 1. The van der Waals surface area contributed by atoms with E-state index in [-0.39, 0.29) is 43.4 Å². The summed E-state index contributed by atoms with van der Waals surface area (Å²) in [5.41, 5.74) is 1.52. The van der Waals surface area contributed by atoms with Gasteiger partial charge in [-0.3, -0.25) is 19.3 Å². The van der Waals surface area contributed by atoms with Crippen molar-refractivity contribution < 1.29 is 23.5 Å². The van der Waals surface area contributed by atoms with Crippen molar-refractivity contribution in [3.63, 3.8) is 0 Å². The van der Waals surface area contributed by atoms with Gasteiger partial charge in [0.15, 0.2) is 0 Å². The Balaban J connectivity index is 1.45. The third kappa shape index (κ3) is 4.79. The number of nitrogens with zero attached hydrogens (tertiary/aromatic N) is 2. The zero-order chi connectivity index (χ0) is 29.4. The number of methoxy groups -OCH3 is 1. The minimum atomic E-state index is -1.47. The smallest absolute Gasteiger partial charge is 0.239 e. The molecule has 1 saturated heterocycles. The lowest BCUT2D eigenvalue weighted by Gasteiger charge is -2.33. The van der Waals surface area contributed by atoms with Gasteiger partial charge >= 0.3 is 0 Å². The first-order chi connectivity index (χ1) is 20.3. The SMILES string of the molecule is COc1ccc(CN2C(=O)C[C@H]([C@]3(Cc4ccc(Br)cc4)C(=O)N(Cc4ccccc4)c4c(F)cccc43)C2=O)cc1. The molecule has 0 aliphatic carbocycles. The molecular weight excluding hydrogens is 599 g/mol. The van der Waals surface area contributed by atoms with E-state index in [1.807, 2.05) is 54.6 Å². The van der Waals surface area contributed by atoms with Gasteiger partial charge in [-0.25, -0.2) is 4.39 Å². The Hall–Kier alpha value is -4.30. The van der Waals surface area contributed by atoms with Crippen LogP contribution in [-0.4, -0.2) is 29.7 Å². The second-order valence-electron chi connectivity index (χ2n) is 10.7. The number of benzene rings is 4. The van der Waals surface area contributed by atoms with Crippen LogP contribution in [0.15, 0.2) is 102 Å². The predicted octanol–water partition coefficient (Wildman–Crippen LogP) is 6.20. The molecule has 0 spiro atoms. The second-order valence-corrected chi connectivity index (χ2v) is 11.6. The maximum absolute atomic E-state index is 15.7. The lowest BCUT2D eigenvalue weighted by atomic mass is 9.66. The number of carbonyl (C=O) groups is 3. The quantitative estimate of drug-likeness (QED) is 0.218. The summed E-state index contributed by atoms with van der Waals surface area (Å²) >= 11 is 3.46. The molecular formula is C34H28BrFN2O4. The first-order valence-corrected chi connectivity index (χ1v) is 14.5. The van der Waals surface area contributed by atoms with Crippen molar-refractivity contribution in [3.05, 3.63) is 130 Å². The minimum Gasteiger partial charge on any atom is -0.497 e. The maximum atomic E-state index is 15.7. The standard InChI is InChI=1S/C34H28BrFN2O4/c1-42-26-16-12-24(13-17-26)20-37-30(39)18-28(32(37)40)34(19-22-10-14-25(35)15-11-22)27-8-5-9-29(36)31(27)38(33(34)41)21-23-6-3-2-4-7-23/h2-17,28H,18-21H2,1H3/t28-,34+/m0/s1. The largest absolute Gasteiger partial charge is 0.497 e. The Morgan fingerprint density at radius 1 is 0.810 bits per heavy atom. The molecule has 1 fully saturated rings. The van der Waals surface area contributed by atoms with Crippen LogP contribution in [0.2, 0.25) is 0 Å². The van der Waals surface area contributed by atoms with Gasteiger partial charge in [0.1, 0.15) is 11.6 Å². The van der Waals surface area contributed by atoms with Crippen molar-refractivity contribution in [1.29, 1.82) is 0 Å². The highest BCUT2D eigenvalue weighted by atomic mass is 79.9. The van der Waals surface area contributed by atoms with E-state index in [0.29, 0.717) is 11.3 Å². The number of imide groups is 1. The molecule has 0 unspecified atom stereocenters. The average molecular weight is 628 g/mol. The number of rotatable bonds is 8. The van der Waals surface area contributed by atoms with Crippen LogP contribution in [0.25, 0.3) is 0 Å². The lowest BCUT2D eigenvalue weighted by molar-refractivity contribution is -0.142. The molecule has 4 aromatic carbocycles. The zero-order valence-corrected chi connectivity index (χ0v) is 24.5. The van der Waals surface area contributed by atoms with E-state index in [4.69, 9.17) is 4.74 Å². The highest BCUT2D eigenvalue weighted by Crippen LogP contribution is 2.53. The number of ether oxygens (including phenoxy) is 1. The highest BCUT2D eigenvalue weighted by molar-refractivity contribution is 9.10. The Kier molecular flexibility index (Phi) is 7.41. The van der Waals surface area contributed by atoms with Crippen molar-refractivity contribution in [2.45, 2.75) is 31.3 Å². The fourth-order valence-corrected chi connectivity index (χ4v) is 6.49. The summed E-state index contributed by atoms with van der Waals surface area (Å²) in [7, 11) is 1.57. The van der Waals surface area contributed by atoms with E-state index in [0.717, 1.165) is 21.2 Å². The first kappa shape index (κ1) is 27.8. The van der Waals surface area contributed by atoms with Crippen LogP contribution in [0.3, 0.4) is 0 Å². The van der Waals surface area contributed by atoms with Gasteiger partial charge in [0.05, 0.1) is 37.2 Å². The fraction of sp³-hybridized carbons (Fsp3) is 0.206. The van der Waals surface area contributed by atoms with E-state index < -0.39 is 23.1 Å². The molecule has 6 nitrogen and oxygen atoms in total. The normalized spacial score (nSPS) is 19.9. The topological polar surface area (TPSA) is 66.9 Å². The van der Waals surface area contributed by atoms with Crippen LogP contribution in [0.1, 0.15) is 28.7 Å². The van der Waals surface area contributed by atoms with E-state index in [1.165, 1.54) is 15.9 Å². The van der Waals surface area contributed by atoms with E-state index in [2.05, 4.69) is 15.9 Å². The molecule has 3 amide bonds. The summed E-state index contributed by atoms with van der Waals surface area (Å²) in [4.78, 5) is 45.1. The lowest BCUT2D eigenvalue weighted by Crippen LogP contribution is -2.49. The summed E-state index contributed by atoms with van der Waals surface area (Å²) in [6, 6.07) is 28.6. The average Bonchev–Trinajstić information content (AvgIpc) is 3.41. The Bertz CT molecular complexity index is 1660. The Morgan fingerprint density at radius 2 is 1.45 bits per heavy atom. The molecule has 2 aliphatic rings. The highest BCUT2D eigenvalue weighted by Gasteiger charge is 2.61. The third-order valence-corrected chi connectivity index (χ3v) is 8.81. The number of halogens is 2. The molecule has 8 heteroatoms. The number of likely N-dealkylation sites (tertiary alicyclic amines) is 1. The molecule has 0 aromatic heterocycles. The Morgan fingerprint density at radius 3 is 2.14 bits per heavy atom. The molecule has 42 heavy (non-hydrogen) atoms. The molecule has 2 aliphatic heterocycles. The number of fused-ring (bicyclic) bond motifs is 1. The van der Waals surface area contributed by atoms with Gasteiger partial charge in [0, 0.05) is 10.9 Å². The van der Waals surface area contributed by atoms with Gasteiger partial charge in [-0.2, -0.15) is 0 Å². The van der Waals surface area contributed by atoms with E-state index in [9.17, 15) is 14.4 Å². The van der Waals surface area contributed by atoms with Crippen LogP contribution in [0, 0.1) is 11.7 Å². The van der Waals surface area contributed by atoms with Gasteiger partial charge in [-0.15, -0.1) is 0 Å². The van der Waals surface area contributed by atoms with Crippen LogP contribution < -0.4 is 9.64 Å². The van der Waals surface area contributed by atoms with Gasteiger partial charge < -0.3 is 9.64 Å². The summed E-state index contributed by atoms with van der Waals surface area (Å²) in [5, 5.41) is 0. The van der Waals surface area contributed by atoms with Gasteiger partial charge in [0.2, 0.25) is 17.7 Å². The molecule has 0 bridgehead atoms. The molecule has 2 atom stereocenters. The number of carbonyl (C=O) groups excluding carboxylic acids is 3. The zero-order valence-electron chi connectivity index (χ0n) is 22.9.